The summed E-state index contributed by atoms with van der Waals surface area (Å²) in [6.07, 6.45) is -9.22. The van der Waals surface area contributed by atoms with Gasteiger partial charge in [0.05, 0.1) is 18.7 Å². The van der Waals surface area contributed by atoms with Crippen LogP contribution in [0.3, 0.4) is 0 Å². The van der Waals surface area contributed by atoms with Crippen molar-refractivity contribution in [2.75, 3.05) is 20.8 Å². The van der Waals surface area contributed by atoms with E-state index in [-0.39, 0.29) is 19.4 Å². The zero-order valence-corrected chi connectivity index (χ0v) is 26.9. The maximum absolute atomic E-state index is 14.3. The zero-order valence-electron chi connectivity index (χ0n) is 26.9. The molecule has 15 heteroatoms. The van der Waals surface area contributed by atoms with Crippen LogP contribution >= 0.6 is 0 Å². The molecule has 0 N–H and O–H groups in total. The van der Waals surface area contributed by atoms with Crippen molar-refractivity contribution in [2.45, 2.75) is 74.6 Å². The summed E-state index contributed by atoms with van der Waals surface area (Å²) in [5, 5.41) is 0. The second-order valence-corrected chi connectivity index (χ2v) is 11.5. The molecule has 266 valence electrons. The van der Waals surface area contributed by atoms with Crippen LogP contribution in [-0.4, -0.2) is 80.4 Å². The van der Waals surface area contributed by atoms with Crippen LogP contribution in [-0.2, 0) is 44.5 Å². The molecule has 2 aromatic carbocycles. The quantitative estimate of drug-likeness (QED) is 0.107. The lowest BCUT2D eigenvalue weighted by atomic mass is 9.92. The highest BCUT2D eigenvalue weighted by Crippen LogP contribution is 2.45. The van der Waals surface area contributed by atoms with E-state index in [1.807, 2.05) is 0 Å². The third-order valence-electron chi connectivity index (χ3n) is 8.39. The molecular formula is C34H35F6NO8. The summed E-state index contributed by atoms with van der Waals surface area (Å²) in [6, 6.07) is 12.1. The maximum atomic E-state index is 14.3. The molecule has 0 saturated carbocycles. The van der Waals surface area contributed by atoms with Crippen molar-refractivity contribution in [3.63, 3.8) is 0 Å². The predicted molar refractivity (Wildman–Crippen MR) is 161 cm³/mol. The number of rotatable bonds is 12. The van der Waals surface area contributed by atoms with E-state index in [4.69, 9.17) is 23.7 Å². The van der Waals surface area contributed by atoms with Crippen LogP contribution < -0.4 is 0 Å². The van der Waals surface area contributed by atoms with Gasteiger partial charge >= 0.3 is 30.4 Å². The molecule has 49 heavy (non-hydrogen) atoms. The van der Waals surface area contributed by atoms with Gasteiger partial charge in [0.15, 0.2) is 0 Å². The molecule has 0 aliphatic carbocycles. The Balaban J connectivity index is 1.40. The van der Waals surface area contributed by atoms with Gasteiger partial charge in [-0.15, -0.1) is 0 Å². The van der Waals surface area contributed by atoms with Crippen molar-refractivity contribution in [1.29, 1.82) is 0 Å². The number of cyclic esters (lactones) is 1. The van der Waals surface area contributed by atoms with Gasteiger partial charge in [0.1, 0.15) is 12.2 Å². The Kier molecular flexibility index (Phi) is 11.2. The normalized spacial score (nSPS) is 22.7. The molecule has 0 aromatic heterocycles. The molecule has 1 saturated heterocycles. The van der Waals surface area contributed by atoms with E-state index in [0.29, 0.717) is 5.57 Å². The lowest BCUT2D eigenvalue weighted by Gasteiger charge is -2.36. The van der Waals surface area contributed by atoms with Gasteiger partial charge in [-0.05, 0) is 44.4 Å². The second kappa shape index (κ2) is 14.6. The molecule has 2 aromatic rings. The van der Waals surface area contributed by atoms with Gasteiger partial charge in [-0.2, -0.15) is 26.3 Å². The van der Waals surface area contributed by atoms with Crippen LogP contribution in [0.25, 0.3) is 0 Å². The Morgan fingerprint density at radius 1 is 0.898 bits per heavy atom. The summed E-state index contributed by atoms with van der Waals surface area (Å²) < 4.78 is 111. The summed E-state index contributed by atoms with van der Waals surface area (Å²) in [5.41, 5.74) is -7.17. The Hall–Kier alpha value is -4.37. The number of hydrogen-bond donors (Lipinski definition) is 0. The highest BCUT2D eigenvalue weighted by atomic mass is 19.4. The molecule has 2 aliphatic heterocycles. The Labute approximate surface area is 278 Å². The monoisotopic (exact) mass is 699 g/mol. The lowest BCUT2D eigenvalue weighted by Crippen LogP contribution is -2.54. The Bertz CT molecular complexity index is 1550. The fourth-order valence-electron chi connectivity index (χ4n) is 5.97. The molecule has 2 aliphatic rings. The van der Waals surface area contributed by atoms with Gasteiger partial charge in [-0.3, -0.25) is 4.90 Å². The highest BCUT2D eigenvalue weighted by molar-refractivity contribution is 5.83. The lowest BCUT2D eigenvalue weighted by molar-refractivity contribution is -0.278. The number of carbonyl (C=O) groups excluding carboxylic acids is 3. The number of halogens is 6. The summed E-state index contributed by atoms with van der Waals surface area (Å²) in [6.45, 7) is 2.73. The summed E-state index contributed by atoms with van der Waals surface area (Å²) in [4.78, 5) is 39.9. The molecule has 2 heterocycles. The van der Waals surface area contributed by atoms with E-state index in [1.165, 1.54) is 54.3 Å². The number of carbonyl (C=O) groups is 3. The maximum Gasteiger partial charge on any atom is 0.432 e. The van der Waals surface area contributed by atoms with E-state index in [2.05, 4.69) is 0 Å². The Morgan fingerprint density at radius 2 is 1.41 bits per heavy atom. The number of fused-ring (bicyclic) bond motifs is 1. The number of ether oxygens (including phenoxy) is 5. The third-order valence-corrected chi connectivity index (χ3v) is 8.39. The molecular weight excluding hydrogens is 664 g/mol. The number of amides is 1. The van der Waals surface area contributed by atoms with E-state index in [9.17, 15) is 40.7 Å². The van der Waals surface area contributed by atoms with E-state index in [1.54, 1.807) is 19.1 Å². The minimum Gasteiger partial charge on any atom is -0.460 e. The van der Waals surface area contributed by atoms with Crippen LogP contribution in [0.5, 0.6) is 0 Å². The van der Waals surface area contributed by atoms with Gasteiger partial charge in [0.2, 0.25) is 0 Å². The molecule has 9 nitrogen and oxygen atoms in total. The predicted octanol–water partition coefficient (Wildman–Crippen LogP) is 6.52. The average Bonchev–Trinajstić information content (AvgIpc) is 3.35. The van der Waals surface area contributed by atoms with Crippen molar-refractivity contribution in [2.24, 2.45) is 0 Å². The van der Waals surface area contributed by atoms with Gasteiger partial charge < -0.3 is 23.7 Å². The van der Waals surface area contributed by atoms with Crippen LogP contribution in [0, 0.1) is 0 Å². The second-order valence-electron chi connectivity index (χ2n) is 11.5. The number of esters is 2. The average molecular weight is 700 g/mol. The fraction of sp³-hybridized carbons (Fsp3) is 0.441. The number of hydrogen-bond acceptors (Lipinski definition) is 8. The van der Waals surface area contributed by atoms with Crippen molar-refractivity contribution >= 4 is 18.0 Å². The molecule has 0 bridgehead atoms. The SMILES string of the molecule is CO[C@@](C(=O)O[C@H](C)CC/C=C/[C@@H]1OC(=O)N2C[C@H](OC(=O)[C@](OC)(c3ccccc3)C(F)(F)F)C=C(C)[C@@H]12)(c1ccccc1)C(F)(F)F. The van der Waals surface area contributed by atoms with Gasteiger partial charge in [0, 0.05) is 25.3 Å². The zero-order chi connectivity index (χ0) is 36.2. The summed E-state index contributed by atoms with van der Waals surface area (Å²) in [7, 11) is 1.52. The fourth-order valence-corrected chi connectivity index (χ4v) is 5.97. The van der Waals surface area contributed by atoms with Gasteiger partial charge in [-0.1, -0.05) is 66.7 Å². The van der Waals surface area contributed by atoms with E-state index in [0.717, 1.165) is 38.5 Å². The number of allylic oxidation sites excluding steroid dienone is 1. The standard InChI is InChI=1S/C34H35F6NO8/c1-21-19-25(48-29(43)32(46-4,34(38,39)40)24-16-9-6-10-17-24)20-41-27(21)26(49-30(41)44)18-12-11-13-22(2)47-28(42)31(45-3,33(35,36)37)23-14-7-5-8-15-23/h5-10,12,14-19,22,25-27H,11,13,20H2,1-4H3/b18-12+/t22-,25-,26+,27+,31-,32-/m1/s1. The van der Waals surface area contributed by atoms with Crippen molar-refractivity contribution in [1.82, 2.24) is 4.90 Å². The number of nitrogens with zero attached hydrogens (tertiary/aromatic N) is 1. The first-order valence-electron chi connectivity index (χ1n) is 15.1. The first-order chi connectivity index (χ1) is 23.0. The van der Waals surface area contributed by atoms with Crippen LogP contribution in [0.4, 0.5) is 31.1 Å². The van der Waals surface area contributed by atoms with Crippen LogP contribution in [0.1, 0.15) is 37.8 Å². The molecule has 0 spiro atoms. The Morgan fingerprint density at radius 3 is 1.90 bits per heavy atom. The molecule has 6 atom stereocenters. The number of alkyl halides is 6. The van der Waals surface area contributed by atoms with Crippen LogP contribution in [0.15, 0.2) is 84.5 Å². The van der Waals surface area contributed by atoms with E-state index >= 15 is 0 Å². The molecule has 0 unspecified atom stereocenters. The summed E-state index contributed by atoms with van der Waals surface area (Å²) in [5.74, 6) is -3.33. The van der Waals surface area contributed by atoms with E-state index < -0.39 is 77.1 Å². The molecule has 1 amide bonds. The van der Waals surface area contributed by atoms with Crippen LogP contribution in [0.2, 0.25) is 0 Å². The third kappa shape index (κ3) is 7.18. The largest absolute Gasteiger partial charge is 0.460 e. The molecule has 4 rings (SSSR count). The minimum absolute atomic E-state index is 0.110. The van der Waals surface area contributed by atoms with Crippen molar-refractivity contribution in [3.05, 3.63) is 95.6 Å². The molecule has 1 fully saturated rings. The van der Waals surface area contributed by atoms with Crippen molar-refractivity contribution in [3.8, 4) is 0 Å². The topological polar surface area (TPSA) is 101 Å². The minimum atomic E-state index is -5.18. The van der Waals surface area contributed by atoms with Gasteiger partial charge in [0.25, 0.3) is 11.2 Å². The summed E-state index contributed by atoms with van der Waals surface area (Å²) >= 11 is 0. The first-order valence-corrected chi connectivity index (χ1v) is 15.1. The highest BCUT2D eigenvalue weighted by Gasteiger charge is 2.65. The smallest absolute Gasteiger partial charge is 0.432 e. The van der Waals surface area contributed by atoms with Crippen molar-refractivity contribution < 1.29 is 64.4 Å². The first kappa shape index (κ1) is 37.4. The number of methoxy groups -OCH3 is 2. The number of benzene rings is 2. The molecule has 0 radical (unpaired) electrons. The van der Waals surface area contributed by atoms with Gasteiger partial charge in [-0.25, -0.2) is 14.4 Å².